The predicted octanol–water partition coefficient (Wildman–Crippen LogP) is 4.64. The van der Waals surface area contributed by atoms with Crippen molar-refractivity contribution in [1.82, 2.24) is 29.1 Å². The summed E-state index contributed by atoms with van der Waals surface area (Å²) in [6.45, 7) is 4.10. The Morgan fingerprint density at radius 1 is 1.17 bits per heavy atom. The van der Waals surface area contributed by atoms with Crippen LogP contribution in [0, 0.1) is 17.6 Å². The molecule has 0 unspecified atom stereocenters. The second kappa shape index (κ2) is 6.04. The number of aromatic nitrogens is 6. The summed E-state index contributed by atoms with van der Waals surface area (Å²) < 4.78 is 32.2. The highest BCUT2D eigenvalue weighted by Crippen LogP contribution is 2.52. The van der Waals surface area contributed by atoms with Crippen molar-refractivity contribution in [3.05, 3.63) is 60.0 Å². The van der Waals surface area contributed by atoms with Crippen LogP contribution in [0.5, 0.6) is 0 Å². The van der Waals surface area contributed by atoms with Gasteiger partial charge in [0.15, 0.2) is 5.65 Å². The van der Waals surface area contributed by atoms with Crippen LogP contribution in [0.25, 0.3) is 34.5 Å². The molecule has 1 saturated carbocycles. The fourth-order valence-corrected chi connectivity index (χ4v) is 4.23. The molecule has 3 aromatic heterocycles. The summed E-state index contributed by atoms with van der Waals surface area (Å²) in [5, 5.41) is 8.45. The number of allylic oxidation sites excluding steroid dienone is 1. The molecule has 1 aliphatic carbocycles. The van der Waals surface area contributed by atoms with Gasteiger partial charge < -0.3 is 4.57 Å². The predicted molar refractivity (Wildman–Crippen MR) is 108 cm³/mol. The summed E-state index contributed by atoms with van der Waals surface area (Å²) in [6.07, 6.45) is 8.70. The highest BCUT2D eigenvalue weighted by Gasteiger charge is 2.43. The van der Waals surface area contributed by atoms with E-state index in [0.717, 1.165) is 24.1 Å². The van der Waals surface area contributed by atoms with Gasteiger partial charge in [-0.2, -0.15) is 0 Å². The van der Waals surface area contributed by atoms with Crippen LogP contribution in [-0.2, 0) is 0 Å². The number of halogens is 2. The summed E-state index contributed by atoms with van der Waals surface area (Å²) in [6, 6.07) is 3.58. The van der Waals surface area contributed by atoms with Crippen molar-refractivity contribution in [2.75, 3.05) is 0 Å². The Labute approximate surface area is 170 Å². The van der Waals surface area contributed by atoms with Gasteiger partial charge in [-0.1, -0.05) is 19.9 Å². The first-order valence-corrected chi connectivity index (χ1v) is 9.98. The fraction of sp³-hybridized carbons (Fsp3) is 0.273. The topological polar surface area (TPSA) is 60.9 Å². The van der Waals surface area contributed by atoms with E-state index in [0.29, 0.717) is 34.6 Å². The molecule has 0 bridgehead atoms. The monoisotopic (exact) mass is 404 g/mol. The molecule has 1 fully saturated rings. The molecule has 6 rings (SSSR count). The Hall–Kier alpha value is -3.42. The number of imidazole rings is 1. The van der Waals surface area contributed by atoms with Crippen LogP contribution in [0.2, 0.25) is 0 Å². The Balaban J connectivity index is 1.63. The van der Waals surface area contributed by atoms with Gasteiger partial charge in [-0.05, 0) is 24.5 Å². The standard InChI is InChI=1S/C22H18F2N6/c1-11(2)21-28-27-18-9-25-17(10-30(18)21)20-19(14-4-3-13(23)8-16(14)24)26-22-15-7-12(15)5-6-29(20)22/h3-6,8-12,15H,7H2,1-2H3/t12-,15-/m0/s1. The van der Waals surface area contributed by atoms with Crippen molar-refractivity contribution in [2.45, 2.75) is 32.1 Å². The van der Waals surface area contributed by atoms with Crippen molar-refractivity contribution < 1.29 is 8.78 Å². The van der Waals surface area contributed by atoms with Gasteiger partial charge in [-0.25, -0.2) is 18.7 Å². The summed E-state index contributed by atoms with van der Waals surface area (Å²) >= 11 is 0. The molecular weight excluding hydrogens is 386 g/mol. The summed E-state index contributed by atoms with van der Waals surface area (Å²) in [5.41, 5.74) is 2.68. The Morgan fingerprint density at radius 3 is 2.83 bits per heavy atom. The van der Waals surface area contributed by atoms with Crippen LogP contribution in [0.4, 0.5) is 8.78 Å². The van der Waals surface area contributed by atoms with E-state index in [1.165, 1.54) is 12.1 Å². The first-order chi connectivity index (χ1) is 14.5. The molecule has 0 amide bonds. The van der Waals surface area contributed by atoms with Crippen molar-refractivity contribution in [1.29, 1.82) is 0 Å². The minimum Gasteiger partial charge on any atom is -0.301 e. The molecule has 2 atom stereocenters. The van der Waals surface area contributed by atoms with Crippen LogP contribution in [0.1, 0.15) is 43.8 Å². The third-order valence-corrected chi connectivity index (χ3v) is 5.86. The van der Waals surface area contributed by atoms with Crippen molar-refractivity contribution >= 4 is 11.8 Å². The molecule has 0 spiro atoms. The quantitative estimate of drug-likeness (QED) is 0.499. The van der Waals surface area contributed by atoms with Crippen LogP contribution < -0.4 is 0 Å². The second-order valence-electron chi connectivity index (χ2n) is 8.22. The van der Waals surface area contributed by atoms with Gasteiger partial charge in [0, 0.05) is 35.9 Å². The van der Waals surface area contributed by atoms with Crippen molar-refractivity contribution in [2.24, 2.45) is 5.92 Å². The Kier molecular flexibility index (Phi) is 3.51. The van der Waals surface area contributed by atoms with Crippen molar-refractivity contribution in [3.8, 4) is 22.6 Å². The maximum atomic E-state index is 14.7. The highest BCUT2D eigenvalue weighted by molar-refractivity contribution is 5.80. The third kappa shape index (κ3) is 2.46. The SMILES string of the molecule is CC(C)c1nnc2cnc(-c3c(-c4ccc(F)cc4F)nc4n3C=C[C@H]3C[C@H]43)cn12. The van der Waals surface area contributed by atoms with Gasteiger partial charge >= 0.3 is 0 Å². The molecular formula is C22H18F2N6. The third-order valence-electron chi connectivity index (χ3n) is 5.86. The average Bonchev–Trinajstić information content (AvgIpc) is 3.23. The van der Waals surface area contributed by atoms with E-state index < -0.39 is 11.6 Å². The molecule has 2 aliphatic rings. The Morgan fingerprint density at radius 2 is 2.03 bits per heavy atom. The number of rotatable bonds is 3. The molecule has 0 radical (unpaired) electrons. The molecule has 4 aromatic rings. The minimum atomic E-state index is -0.642. The normalized spacial score (nSPS) is 19.4. The van der Waals surface area contributed by atoms with Gasteiger partial charge in [-0.15, -0.1) is 10.2 Å². The molecule has 150 valence electrons. The number of hydrogen-bond acceptors (Lipinski definition) is 4. The van der Waals surface area contributed by atoms with E-state index in [9.17, 15) is 8.78 Å². The van der Waals surface area contributed by atoms with E-state index in [4.69, 9.17) is 4.98 Å². The average molecular weight is 404 g/mol. The summed E-state index contributed by atoms with van der Waals surface area (Å²) in [4.78, 5) is 9.39. The first kappa shape index (κ1) is 17.4. The number of nitrogens with zero attached hydrogens (tertiary/aromatic N) is 6. The van der Waals surface area contributed by atoms with Gasteiger partial charge in [0.1, 0.15) is 40.4 Å². The fourth-order valence-electron chi connectivity index (χ4n) is 4.23. The van der Waals surface area contributed by atoms with E-state index in [-0.39, 0.29) is 11.5 Å². The van der Waals surface area contributed by atoms with Gasteiger partial charge in [0.2, 0.25) is 0 Å². The zero-order valence-corrected chi connectivity index (χ0v) is 16.4. The zero-order valence-electron chi connectivity index (χ0n) is 16.4. The minimum absolute atomic E-state index is 0.177. The molecule has 1 aromatic carbocycles. The molecule has 6 nitrogen and oxygen atoms in total. The number of benzene rings is 1. The lowest BCUT2D eigenvalue weighted by molar-refractivity contribution is 0.585. The van der Waals surface area contributed by atoms with Gasteiger partial charge in [-0.3, -0.25) is 4.40 Å². The molecule has 4 heterocycles. The lowest BCUT2D eigenvalue weighted by Crippen LogP contribution is -2.04. The smallest absolute Gasteiger partial charge is 0.179 e. The summed E-state index contributed by atoms with van der Waals surface area (Å²) in [7, 11) is 0. The van der Waals surface area contributed by atoms with Crippen LogP contribution >= 0.6 is 0 Å². The lowest BCUT2D eigenvalue weighted by atomic mass is 10.1. The van der Waals surface area contributed by atoms with Gasteiger partial charge in [0.25, 0.3) is 0 Å². The van der Waals surface area contributed by atoms with E-state index in [1.54, 1.807) is 6.20 Å². The molecule has 1 aliphatic heterocycles. The highest BCUT2D eigenvalue weighted by atomic mass is 19.1. The maximum Gasteiger partial charge on any atom is 0.179 e. The van der Waals surface area contributed by atoms with Gasteiger partial charge in [0.05, 0.1) is 6.20 Å². The molecule has 0 N–H and O–H groups in total. The van der Waals surface area contributed by atoms with Crippen LogP contribution in [0.15, 0.2) is 36.7 Å². The largest absolute Gasteiger partial charge is 0.301 e. The maximum absolute atomic E-state index is 14.7. The molecule has 8 heteroatoms. The van der Waals surface area contributed by atoms with Crippen LogP contribution in [-0.4, -0.2) is 29.1 Å². The number of fused-ring (bicyclic) bond motifs is 4. The Bertz CT molecular complexity index is 1350. The first-order valence-electron chi connectivity index (χ1n) is 9.98. The molecule has 0 saturated heterocycles. The van der Waals surface area contributed by atoms with E-state index in [2.05, 4.69) is 21.3 Å². The summed E-state index contributed by atoms with van der Waals surface area (Å²) in [5.74, 6) is 1.45. The van der Waals surface area contributed by atoms with E-state index >= 15 is 0 Å². The molecule has 30 heavy (non-hydrogen) atoms. The zero-order chi connectivity index (χ0) is 20.6. The lowest BCUT2D eigenvalue weighted by Gasteiger charge is -2.12. The number of hydrogen-bond donors (Lipinski definition) is 0. The van der Waals surface area contributed by atoms with E-state index in [1.807, 2.05) is 35.2 Å². The second-order valence-corrected chi connectivity index (χ2v) is 8.22. The van der Waals surface area contributed by atoms with Crippen molar-refractivity contribution in [3.63, 3.8) is 0 Å². The van der Waals surface area contributed by atoms with Crippen LogP contribution in [0.3, 0.4) is 0 Å².